The standard InChI is InChI=1S/C27H28F3N5O4/c1-14(23(31)36)11-34-12-21-19(9-17(10-20(21)24(34)37)32-13-27(28,29)30)16-6-7-22-18(8-16)15(2)33-35(22)25(38)39-26(3,4)5/h6-10,32H,1,11-13H2,2-5H3,(H2,31,36). The van der Waals surface area contributed by atoms with E-state index in [9.17, 15) is 27.6 Å². The summed E-state index contributed by atoms with van der Waals surface area (Å²) in [7, 11) is 0. The van der Waals surface area contributed by atoms with Crippen molar-refractivity contribution < 1.29 is 32.3 Å². The maximum atomic E-state index is 13.2. The Morgan fingerprint density at radius 3 is 2.44 bits per heavy atom. The smallest absolute Gasteiger partial charge is 0.435 e. The lowest BCUT2D eigenvalue weighted by molar-refractivity contribution is -0.115. The van der Waals surface area contributed by atoms with Crippen molar-refractivity contribution >= 4 is 34.5 Å². The van der Waals surface area contributed by atoms with Gasteiger partial charge in [0.15, 0.2) is 0 Å². The van der Waals surface area contributed by atoms with Gasteiger partial charge in [-0.15, -0.1) is 0 Å². The zero-order valence-electron chi connectivity index (χ0n) is 21.9. The van der Waals surface area contributed by atoms with Crippen LogP contribution in [0, 0.1) is 6.92 Å². The third-order valence-electron chi connectivity index (χ3n) is 6.08. The first-order chi connectivity index (χ1) is 18.0. The number of fused-ring (bicyclic) bond motifs is 2. The molecule has 0 radical (unpaired) electrons. The summed E-state index contributed by atoms with van der Waals surface area (Å²) < 4.78 is 45.4. The van der Waals surface area contributed by atoms with Crippen LogP contribution in [0.4, 0.5) is 23.7 Å². The number of anilines is 1. The molecule has 1 aliphatic rings. The maximum absolute atomic E-state index is 13.2. The van der Waals surface area contributed by atoms with Crippen molar-refractivity contribution in [2.75, 3.05) is 18.4 Å². The molecule has 0 fully saturated rings. The van der Waals surface area contributed by atoms with Gasteiger partial charge in [-0.05, 0) is 68.7 Å². The van der Waals surface area contributed by atoms with E-state index >= 15 is 0 Å². The molecule has 2 amide bonds. The molecule has 2 aromatic carbocycles. The molecule has 0 unspecified atom stereocenters. The van der Waals surface area contributed by atoms with Crippen LogP contribution in [0.15, 0.2) is 42.5 Å². The van der Waals surface area contributed by atoms with E-state index in [4.69, 9.17) is 10.5 Å². The van der Waals surface area contributed by atoms with E-state index in [1.807, 2.05) is 0 Å². The van der Waals surface area contributed by atoms with Crippen molar-refractivity contribution in [1.29, 1.82) is 0 Å². The average molecular weight is 544 g/mol. The lowest BCUT2D eigenvalue weighted by atomic mass is 9.95. The highest BCUT2D eigenvalue weighted by Crippen LogP contribution is 2.38. The van der Waals surface area contributed by atoms with Crippen molar-refractivity contribution in [3.05, 3.63) is 59.3 Å². The van der Waals surface area contributed by atoms with Gasteiger partial charge in [0.05, 0.1) is 17.8 Å². The first-order valence-corrected chi connectivity index (χ1v) is 12.0. The van der Waals surface area contributed by atoms with Gasteiger partial charge in [0.25, 0.3) is 5.91 Å². The number of carbonyl (C=O) groups is 3. The normalized spacial score (nSPS) is 13.5. The van der Waals surface area contributed by atoms with Gasteiger partial charge >= 0.3 is 12.3 Å². The number of hydrogen-bond acceptors (Lipinski definition) is 6. The van der Waals surface area contributed by atoms with Gasteiger partial charge < -0.3 is 20.7 Å². The lowest BCUT2D eigenvalue weighted by Gasteiger charge is -2.19. The molecule has 0 atom stereocenters. The number of nitrogens with two attached hydrogens (primary N) is 1. The zero-order valence-corrected chi connectivity index (χ0v) is 21.9. The Labute approximate surface area is 222 Å². The van der Waals surface area contributed by atoms with Gasteiger partial charge in [0.1, 0.15) is 12.1 Å². The summed E-state index contributed by atoms with van der Waals surface area (Å²) in [6.45, 7) is 9.24. The third-order valence-corrected chi connectivity index (χ3v) is 6.08. The van der Waals surface area contributed by atoms with Crippen molar-refractivity contribution in [2.45, 2.75) is 46.0 Å². The van der Waals surface area contributed by atoms with Crippen LogP contribution >= 0.6 is 0 Å². The molecular weight excluding hydrogens is 515 g/mol. The number of nitrogens with zero attached hydrogens (tertiary/aromatic N) is 3. The second-order valence-corrected chi connectivity index (χ2v) is 10.4. The summed E-state index contributed by atoms with van der Waals surface area (Å²) in [5.74, 6) is -1.21. The van der Waals surface area contributed by atoms with Crippen LogP contribution < -0.4 is 11.1 Å². The summed E-state index contributed by atoms with van der Waals surface area (Å²) in [5.41, 5.74) is 7.61. The molecule has 39 heavy (non-hydrogen) atoms. The molecule has 0 saturated heterocycles. The number of rotatable bonds is 6. The summed E-state index contributed by atoms with van der Waals surface area (Å²) in [4.78, 5) is 38.7. The van der Waals surface area contributed by atoms with Crippen molar-refractivity contribution in [1.82, 2.24) is 14.7 Å². The summed E-state index contributed by atoms with van der Waals surface area (Å²) in [5, 5.41) is 7.29. The predicted octanol–water partition coefficient (Wildman–Crippen LogP) is 4.77. The number of amides is 2. The van der Waals surface area contributed by atoms with E-state index in [1.54, 1.807) is 52.0 Å². The molecule has 3 aromatic rings. The SMILES string of the molecule is C=C(CN1Cc2c(cc(NCC(F)(F)F)cc2-c2ccc3c(c2)c(C)nn3C(=O)OC(C)(C)C)C1=O)C(N)=O. The van der Waals surface area contributed by atoms with Crippen molar-refractivity contribution in [3.8, 4) is 11.1 Å². The van der Waals surface area contributed by atoms with Crippen LogP contribution in [-0.4, -0.2) is 57.5 Å². The highest BCUT2D eigenvalue weighted by molar-refractivity contribution is 6.03. The minimum absolute atomic E-state index is 0.0275. The molecule has 9 nitrogen and oxygen atoms in total. The fraction of sp³-hybridized carbons (Fsp3) is 0.333. The fourth-order valence-electron chi connectivity index (χ4n) is 4.34. The van der Waals surface area contributed by atoms with E-state index in [-0.39, 0.29) is 29.9 Å². The predicted molar refractivity (Wildman–Crippen MR) is 139 cm³/mol. The van der Waals surface area contributed by atoms with Crippen LogP contribution in [0.1, 0.15) is 42.4 Å². The largest absolute Gasteiger partial charge is 0.442 e. The lowest BCUT2D eigenvalue weighted by Crippen LogP contribution is -2.30. The minimum Gasteiger partial charge on any atom is -0.442 e. The Morgan fingerprint density at radius 2 is 1.82 bits per heavy atom. The average Bonchev–Trinajstić information content (AvgIpc) is 3.32. The van der Waals surface area contributed by atoms with E-state index in [1.165, 1.54) is 11.0 Å². The van der Waals surface area contributed by atoms with Gasteiger partial charge in [-0.1, -0.05) is 12.6 Å². The van der Waals surface area contributed by atoms with Crippen LogP contribution in [0.5, 0.6) is 0 Å². The maximum Gasteiger partial charge on any atom is 0.435 e. The first kappa shape index (κ1) is 27.7. The quantitative estimate of drug-likeness (QED) is 0.433. The molecule has 4 rings (SSSR count). The topological polar surface area (TPSA) is 120 Å². The second-order valence-electron chi connectivity index (χ2n) is 10.4. The summed E-state index contributed by atoms with van der Waals surface area (Å²) >= 11 is 0. The molecule has 0 aliphatic carbocycles. The summed E-state index contributed by atoms with van der Waals surface area (Å²) in [6, 6.07) is 8.03. The highest BCUT2D eigenvalue weighted by Gasteiger charge is 2.33. The van der Waals surface area contributed by atoms with E-state index < -0.39 is 36.2 Å². The monoisotopic (exact) mass is 543 g/mol. The molecule has 1 aromatic heterocycles. The van der Waals surface area contributed by atoms with Gasteiger partial charge in [0.2, 0.25) is 5.91 Å². The van der Waals surface area contributed by atoms with Crippen LogP contribution in [-0.2, 0) is 16.1 Å². The number of hydrogen-bond donors (Lipinski definition) is 2. The van der Waals surface area contributed by atoms with Crippen molar-refractivity contribution in [3.63, 3.8) is 0 Å². The Bertz CT molecular complexity index is 1520. The van der Waals surface area contributed by atoms with Gasteiger partial charge in [-0.2, -0.15) is 23.0 Å². The second kappa shape index (κ2) is 9.75. The van der Waals surface area contributed by atoms with Gasteiger partial charge in [-0.3, -0.25) is 9.59 Å². The Kier molecular flexibility index (Phi) is 6.92. The van der Waals surface area contributed by atoms with E-state index in [0.29, 0.717) is 33.3 Å². The van der Waals surface area contributed by atoms with Crippen LogP contribution in [0.2, 0.25) is 0 Å². The molecule has 0 bridgehead atoms. The number of primary amides is 1. The number of ether oxygens (including phenoxy) is 1. The van der Waals surface area contributed by atoms with Gasteiger partial charge in [0, 0.05) is 28.8 Å². The number of halogens is 3. The number of benzene rings is 2. The fourth-order valence-corrected chi connectivity index (χ4v) is 4.34. The number of alkyl halides is 3. The van der Waals surface area contributed by atoms with Crippen LogP contribution in [0.25, 0.3) is 22.0 Å². The summed E-state index contributed by atoms with van der Waals surface area (Å²) in [6.07, 6.45) is -5.12. The Hall–Kier alpha value is -4.35. The minimum atomic E-state index is -4.47. The molecular formula is C27H28F3N5O4. The molecule has 2 heterocycles. The zero-order chi connectivity index (χ0) is 28.9. The molecule has 206 valence electrons. The molecule has 12 heteroatoms. The van der Waals surface area contributed by atoms with E-state index in [0.717, 1.165) is 4.68 Å². The third kappa shape index (κ3) is 5.89. The Morgan fingerprint density at radius 1 is 1.15 bits per heavy atom. The number of nitrogens with one attached hydrogen (secondary N) is 1. The molecule has 0 spiro atoms. The van der Waals surface area contributed by atoms with Crippen molar-refractivity contribution in [2.24, 2.45) is 5.73 Å². The number of aryl methyl sites for hydroxylation is 1. The molecule has 1 aliphatic heterocycles. The molecule has 3 N–H and O–H groups in total. The number of carbonyl (C=O) groups excluding carboxylic acids is 3. The highest BCUT2D eigenvalue weighted by atomic mass is 19.4. The first-order valence-electron chi connectivity index (χ1n) is 12.0. The van der Waals surface area contributed by atoms with Crippen LogP contribution in [0.3, 0.4) is 0 Å². The number of aromatic nitrogens is 2. The molecule has 0 saturated carbocycles. The Balaban J connectivity index is 1.80. The van der Waals surface area contributed by atoms with Gasteiger partial charge in [-0.25, -0.2) is 4.79 Å². The van der Waals surface area contributed by atoms with E-state index in [2.05, 4.69) is 17.0 Å².